The molecule has 30 heavy (non-hydrogen) atoms. The highest BCUT2D eigenvalue weighted by atomic mass is 16.5. The zero-order valence-electron chi connectivity index (χ0n) is 16.7. The van der Waals surface area contributed by atoms with Crippen LogP contribution in [0.5, 0.6) is 5.75 Å². The average Bonchev–Trinajstić information content (AvgIpc) is 2.94. The summed E-state index contributed by atoms with van der Waals surface area (Å²) in [6, 6.07) is 11.8. The molecule has 2 aromatic carbocycles. The first-order valence-electron chi connectivity index (χ1n) is 9.66. The van der Waals surface area contributed by atoms with Gasteiger partial charge in [0.25, 0.3) is 17.7 Å². The number of anilines is 2. The normalized spacial score (nSPS) is 16.5. The van der Waals surface area contributed by atoms with Crippen molar-refractivity contribution in [1.82, 2.24) is 4.90 Å². The molecule has 0 radical (unpaired) electrons. The number of hydrogen-bond acceptors (Lipinski definition) is 5. The Morgan fingerprint density at radius 1 is 1.03 bits per heavy atom. The standard InChI is InChI=1S/C22H21N3O5/c1-22(2)21(29)24-18-15(9-5-10-16(18)30-22)23-17(26)11-6-12-25-19(27)13-7-3-4-8-14(13)20(25)28/h3-5,7-10H,6,11-12H2,1-2H3,(H,23,26)(H,24,29). The molecule has 2 N–H and O–H groups in total. The Morgan fingerprint density at radius 3 is 2.37 bits per heavy atom. The molecule has 0 saturated heterocycles. The first kappa shape index (κ1) is 19.6. The van der Waals surface area contributed by atoms with Crippen molar-refractivity contribution in [2.45, 2.75) is 32.3 Å². The lowest BCUT2D eigenvalue weighted by atomic mass is 10.1. The van der Waals surface area contributed by atoms with Crippen LogP contribution in [0.4, 0.5) is 11.4 Å². The molecular weight excluding hydrogens is 386 g/mol. The van der Waals surface area contributed by atoms with Crippen LogP contribution in [0.15, 0.2) is 42.5 Å². The van der Waals surface area contributed by atoms with Crippen molar-refractivity contribution >= 4 is 35.0 Å². The van der Waals surface area contributed by atoms with Gasteiger partial charge in [0.1, 0.15) is 11.4 Å². The average molecular weight is 407 g/mol. The number of nitrogens with one attached hydrogen (secondary N) is 2. The van der Waals surface area contributed by atoms with Crippen LogP contribution in [0.3, 0.4) is 0 Å². The smallest absolute Gasteiger partial charge is 0.268 e. The van der Waals surface area contributed by atoms with Gasteiger partial charge in [0.15, 0.2) is 5.60 Å². The van der Waals surface area contributed by atoms with E-state index in [1.807, 2.05) is 0 Å². The molecule has 0 unspecified atom stereocenters. The summed E-state index contributed by atoms with van der Waals surface area (Å²) in [6.45, 7) is 3.48. The van der Waals surface area contributed by atoms with Gasteiger partial charge in [-0.25, -0.2) is 0 Å². The van der Waals surface area contributed by atoms with Gasteiger partial charge in [-0.05, 0) is 44.5 Å². The van der Waals surface area contributed by atoms with E-state index in [0.29, 0.717) is 34.7 Å². The third kappa shape index (κ3) is 3.41. The van der Waals surface area contributed by atoms with E-state index < -0.39 is 5.60 Å². The van der Waals surface area contributed by atoms with E-state index in [4.69, 9.17) is 4.74 Å². The number of fused-ring (bicyclic) bond motifs is 2. The summed E-state index contributed by atoms with van der Waals surface area (Å²) in [5.74, 6) is -0.795. The van der Waals surface area contributed by atoms with Gasteiger partial charge in [-0.3, -0.25) is 24.1 Å². The minimum absolute atomic E-state index is 0.109. The Bertz CT molecular complexity index is 1040. The van der Waals surface area contributed by atoms with Gasteiger partial charge in [0, 0.05) is 13.0 Å². The zero-order valence-corrected chi connectivity index (χ0v) is 16.7. The molecule has 4 rings (SSSR count). The SMILES string of the molecule is CC1(C)Oc2cccc(NC(=O)CCCN3C(=O)c4ccccc4C3=O)c2NC1=O. The summed E-state index contributed by atoms with van der Waals surface area (Å²) >= 11 is 0. The fourth-order valence-corrected chi connectivity index (χ4v) is 3.49. The number of amides is 4. The molecule has 2 heterocycles. The Kier molecular flexibility index (Phi) is 4.77. The second-order valence-electron chi connectivity index (χ2n) is 7.70. The highest BCUT2D eigenvalue weighted by Crippen LogP contribution is 2.39. The summed E-state index contributed by atoms with van der Waals surface area (Å²) in [7, 11) is 0. The second kappa shape index (κ2) is 7.29. The molecule has 0 fully saturated rings. The van der Waals surface area contributed by atoms with Crippen molar-refractivity contribution < 1.29 is 23.9 Å². The van der Waals surface area contributed by atoms with Crippen LogP contribution in [-0.2, 0) is 9.59 Å². The molecule has 0 atom stereocenters. The molecule has 2 aliphatic heterocycles. The summed E-state index contributed by atoms with van der Waals surface area (Å²) in [5, 5.41) is 5.53. The minimum Gasteiger partial charge on any atom is -0.476 e. The van der Waals surface area contributed by atoms with Crippen molar-refractivity contribution in [1.29, 1.82) is 0 Å². The van der Waals surface area contributed by atoms with E-state index in [9.17, 15) is 19.2 Å². The summed E-state index contributed by atoms with van der Waals surface area (Å²) in [4.78, 5) is 50.5. The summed E-state index contributed by atoms with van der Waals surface area (Å²) in [5.41, 5.74) is 0.628. The number of benzene rings is 2. The Morgan fingerprint density at radius 2 is 1.70 bits per heavy atom. The van der Waals surface area contributed by atoms with Crippen LogP contribution in [0.1, 0.15) is 47.4 Å². The lowest BCUT2D eigenvalue weighted by molar-refractivity contribution is -0.129. The molecule has 154 valence electrons. The van der Waals surface area contributed by atoms with Crippen molar-refractivity contribution in [2.24, 2.45) is 0 Å². The van der Waals surface area contributed by atoms with Crippen LogP contribution >= 0.6 is 0 Å². The van der Waals surface area contributed by atoms with Gasteiger partial charge in [-0.2, -0.15) is 0 Å². The highest BCUT2D eigenvalue weighted by Gasteiger charge is 2.37. The Labute approximate surface area is 173 Å². The largest absolute Gasteiger partial charge is 0.476 e. The first-order chi connectivity index (χ1) is 14.3. The van der Waals surface area contributed by atoms with Crippen LogP contribution in [0, 0.1) is 0 Å². The van der Waals surface area contributed by atoms with E-state index in [2.05, 4.69) is 10.6 Å². The molecule has 4 amide bonds. The lowest BCUT2D eigenvalue weighted by Gasteiger charge is -2.32. The van der Waals surface area contributed by atoms with Crippen LogP contribution in [0.25, 0.3) is 0 Å². The Balaban J connectivity index is 1.36. The maximum atomic E-state index is 12.4. The molecule has 2 aromatic rings. The van der Waals surface area contributed by atoms with Crippen molar-refractivity contribution in [3.05, 3.63) is 53.6 Å². The van der Waals surface area contributed by atoms with Crippen molar-refractivity contribution in [3.8, 4) is 5.75 Å². The molecule has 0 bridgehead atoms. The zero-order chi connectivity index (χ0) is 21.5. The fourth-order valence-electron chi connectivity index (χ4n) is 3.49. The number of ether oxygens (including phenoxy) is 1. The fraction of sp³-hybridized carbons (Fsp3) is 0.273. The quantitative estimate of drug-likeness (QED) is 0.742. The minimum atomic E-state index is -0.998. The predicted molar refractivity (Wildman–Crippen MR) is 109 cm³/mol. The number of imide groups is 1. The van der Waals surface area contributed by atoms with E-state index in [-0.39, 0.29) is 36.6 Å². The van der Waals surface area contributed by atoms with E-state index in [1.165, 1.54) is 4.90 Å². The van der Waals surface area contributed by atoms with Gasteiger partial charge in [0.2, 0.25) is 5.91 Å². The highest BCUT2D eigenvalue weighted by molar-refractivity contribution is 6.21. The first-order valence-corrected chi connectivity index (χ1v) is 9.66. The van der Waals surface area contributed by atoms with Crippen LogP contribution < -0.4 is 15.4 Å². The summed E-state index contributed by atoms with van der Waals surface area (Å²) < 4.78 is 5.71. The molecular formula is C22H21N3O5. The number of carbonyl (C=O) groups is 4. The van der Waals surface area contributed by atoms with Gasteiger partial charge >= 0.3 is 0 Å². The third-order valence-electron chi connectivity index (χ3n) is 5.11. The van der Waals surface area contributed by atoms with Crippen molar-refractivity contribution in [2.75, 3.05) is 17.2 Å². The molecule has 0 spiro atoms. The number of nitrogens with zero attached hydrogens (tertiary/aromatic N) is 1. The van der Waals surface area contributed by atoms with Crippen molar-refractivity contribution in [3.63, 3.8) is 0 Å². The molecule has 0 aliphatic carbocycles. The number of carbonyl (C=O) groups excluding carboxylic acids is 4. The molecule has 8 heteroatoms. The van der Waals surface area contributed by atoms with Crippen LogP contribution in [0.2, 0.25) is 0 Å². The van der Waals surface area contributed by atoms with Gasteiger partial charge < -0.3 is 15.4 Å². The van der Waals surface area contributed by atoms with Crippen LogP contribution in [-0.4, -0.2) is 40.7 Å². The predicted octanol–water partition coefficient (Wildman–Crippen LogP) is 2.81. The lowest BCUT2D eigenvalue weighted by Crippen LogP contribution is -2.45. The number of para-hydroxylation sites is 1. The van der Waals surface area contributed by atoms with Gasteiger partial charge in [-0.1, -0.05) is 18.2 Å². The monoisotopic (exact) mass is 407 g/mol. The number of rotatable bonds is 5. The summed E-state index contributed by atoms with van der Waals surface area (Å²) in [6.07, 6.45) is 0.430. The topological polar surface area (TPSA) is 105 Å². The maximum absolute atomic E-state index is 12.4. The molecule has 8 nitrogen and oxygen atoms in total. The molecule has 0 saturated carbocycles. The second-order valence-corrected chi connectivity index (χ2v) is 7.70. The van der Waals surface area contributed by atoms with Gasteiger partial charge in [-0.15, -0.1) is 0 Å². The van der Waals surface area contributed by atoms with Gasteiger partial charge in [0.05, 0.1) is 16.8 Å². The Hall–Kier alpha value is -3.68. The molecule has 2 aliphatic rings. The number of hydrogen-bond donors (Lipinski definition) is 2. The third-order valence-corrected chi connectivity index (χ3v) is 5.11. The van der Waals surface area contributed by atoms with E-state index >= 15 is 0 Å². The maximum Gasteiger partial charge on any atom is 0.268 e. The van der Waals surface area contributed by atoms with E-state index in [1.54, 1.807) is 56.3 Å². The van der Waals surface area contributed by atoms with E-state index in [0.717, 1.165) is 0 Å². The molecule has 0 aromatic heterocycles.